The van der Waals surface area contributed by atoms with E-state index >= 15 is 0 Å². The lowest BCUT2D eigenvalue weighted by atomic mass is 10.3. The van der Waals surface area contributed by atoms with E-state index < -0.39 is 0 Å². The van der Waals surface area contributed by atoms with Crippen molar-refractivity contribution in [3.05, 3.63) is 47.4 Å². The van der Waals surface area contributed by atoms with Crippen LogP contribution < -0.4 is 11.1 Å². The highest BCUT2D eigenvalue weighted by Gasteiger charge is 2.09. The van der Waals surface area contributed by atoms with Gasteiger partial charge in [-0.2, -0.15) is 0 Å². The molecule has 0 aliphatic rings. The van der Waals surface area contributed by atoms with E-state index in [0.29, 0.717) is 16.5 Å². The maximum Gasteiger partial charge on any atom is 0.275 e. The van der Waals surface area contributed by atoms with Gasteiger partial charge in [0.2, 0.25) is 0 Å². The minimum absolute atomic E-state index is 0.249. The third kappa shape index (κ3) is 2.70. The number of nitrogen functional groups attached to an aromatic ring is 1. The van der Waals surface area contributed by atoms with Crippen LogP contribution in [0.25, 0.3) is 0 Å². The molecule has 0 bridgehead atoms. The Hall–Kier alpha value is -2.14. The van der Waals surface area contributed by atoms with Crippen LogP contribution >= 0.6 is 11.6 Å². The zero-order valence-electron chi connectivity index (χ0n) is 8.72. The second-order valence-corrected chi connectivity index (χ2v) is 3.69. The van der Waals surface area contributed by atoms with Gasteiger partial charge in [0.15, 0.2) is 5.82 Å². The lowest BCUT2D eigenvalue weighted by Crippen LogP contribution is -2.15. The molecule has 0 aliphatic carbocycles. The van der Waals surface area contributed by atoms with Crippen LogP contribution in [0.2, 0.25) is 5.02 Å². The summed E-state index contributed by atoms with van der Waals surface area (Å²) in [6.07, 6.45) is 2.94. The zero-order valence-corrected chi connectivity index (χ0v) is 9.48. The number of nitrogens with one attached hydrogen (secondary N) is 1. The van der Waals surface area contributed by atoms with Crippen LogP contribution in [-0.2, 0) is 0 Å². The number of anilines is 2. The molecule has 0 spiro atoms. The molecule has 0 aromatic carbocycles. The Kier molecular flexibility index (Phi) is 3.20. The molecule has 1 amide bonds. The summed E-state index contributed by atoms with van der Waals surface area (Å²) in [6.45, 7) is 0. The molecule has 86 valence electrons. The van der Waals surface area contributed by atoms with Gasteiger partial charge in [0.1, 0.15) is 5.69 Å². The summed E-state index contributed by atoms with van der Waals surface area (Å²) in [7, 11) is 0. The standard InChI is InChI=1S/C11H9ClN4O/c12-7-3-4-9(15-6-7)11(17)16-10-8(13)2-1-5-14-10/h1-6H,13H2,(H,14,16,17). The highest BCUT2D eigenvalue weighted by molar-refractivity contribution is 6.30. The smallest absolute Gasteiger partial charge is 0.275 e. The summed E-state index contributed by atoms with van der Waals surface area (Å²) in [5.74, 6) is -0.0682. The Morgan fingerprint density at radius 3 is 2.76 bits per heavy atom. The molecule has 2 aromatic rings. The normalized spacial score (nSPS) is 9.94. The van der Waals surface area contributed by atoms with E-state index in [1.165, 1.54) is 12.3 Å². The summed E-state index contributed by atoms with van der Waals surface area (Å²) >= 11 is 5.68. The number of amides is 1. The van der Waals surface area contributed by atoms with Gasteiger partial charge in [0, 0.05) is 12.4 Å². The molecule has 0 saturated heterocycles. The van der Waals surface area contributed by atoms with Gasteiger partial charge in [0.25, 0.3) is 5.91 Å². The molecule has 0 radical (unpaired) electrons. The fourth-order valence-corrected chi connectivity index (χ4v) is 1.32. The molecule has 3 N–H and O–H groups in total. The zero-order chi connectivity index (χ0) is 12.3. The van der Waals surface area contributed by atoms with E-state index in [9.17, 15) is 4.79 Å². The van der Waals surface area contributed by atoms with Crippen molar-refractivity contribution in [1.82, 2.24) is 9.97 Å². The fraction of sp³-hybridized carbons (Fsp3) is 0. The largest absolute Gasteiger partial charge is 0.396 e. The molecule has 0 atom stereocenters. The lowest BCUT2D eigenvalue weighted by Gasteiger charge is -2.05. The molecule has 6 heteroatoms. The summed E-state index contributed by atoms with van der Waals surface area (Å²) in [4.78, 5) is 19.6. The quantitative estimate of drug-likeness (QED) is 0.851. The number of carbonyl (C=O) groups excluding carboxylic acids is 1. The maximum atomic E-state index is 11.8. The first-order valence-electron chi connectivity index (χ1n) is 4.80. The van der Waals surface area contributed by atoms with Crippen molar-refractivity contribution < 1.29 is 4.79 Å². The Morgan fingerprint density at radius 2 is 2.12 bits per heavy atom. The monoisotopic (exact) mass is 248 g/mol. The highest BCUT2D eigenvalue weighted by atomic mass is 35.5. The molecule has 2 aromatic heterocycles. The van der Waals surface area contributed by atoms with Crippen LogP contribution in [-0.4, -0.2) is 15.9 Å². The van der Waals surface area contributed by atoms with Crippen LogP contribution in [0.15, 0.2) is 36.7 Å². The Morgan fingerprint density at radius 1 is 1.29 bits per heavy atom. The Labute approximate surface area is 103 Å². The van der Waals surface area contributed by atoms with E-state index in [4.69, 9.17) is 17.3 Å². The van der Waals surface area contributed by atoms with Gasteiger partial charge < -0.3 is 11.1 Å². The molecule has 0 unspecified atom stereocenters. The van der Waals surface area contributed by atoms with Crippen LogP contribution in [0.3, 0.4) is 0 Å². The molecular formula is C11H9ClN4O. The van der Waals surface area contributed by atoms with Crippen LogP contribution in [0.4, 0.5) is 11.5 Å². The van der Waals surface area contributed by atoms with E-state index in [1.54, 1.807) is 24.4 Å². The molecule has 0 aliphatic heterocycles. The van der Waals surface area contributed by atoms with Crippen LogP contribution in [0, 0.1) is 0 Å². The van der Waals surface area contributed by atoms with Gasteiger partial charge in [-0.1, -0.05) is 11.6 Å². The average molecular weight is 249 g/mol. The summed E-state index contributed by atoms with van der Waals surface area (Å²) < 4.78 is 0. The second-order valence-electron chi connectivity index (χ2n) is 3.26. The van der Waals surface area contributed by atoms with Crippen molar-refractivity contribution in [2.45, 2.75) is 0 Å². The minimum atomic E-state index is -0.382. The maximum absolute atomic E-state index is 11.8. The first-order valence-corrected chi connectivity index (χ1v) is 5.18. The number of nitrogens with two attached hydrogens (primary N) is 1. The SMILES string of the molecule is Nc1cccnc1NC(=O)c1ccc(Cl)cn1. The van der Waals surface area contributed by atoms with E-state index in [-0.39, 0.29) is 11.6 Å². The third-order valence-corrected chi connectivity index (χ3v) is 2.25. The van der Waals surface area contributed by atoms with Crippen molar-refractivity contribution in [2.75, 3.05) is 11.1 Å². The number of hydrogen-bond acceptors (Lipinski definition) is 4. The Balaban J connectivity index is 2.17. The van der Waals surface area contributed by atoms with Crippen molar-refractivity contribution in [1.29, 1.82) is 0 Å². The summed E-state index contributed by atoms with van der Waals surface area (Å²) in [5, 5.41) is 3.04. The average Bonchev–Trinajstić information content (AvgIpc) is 2.33. The molecule has 17 heavy (non-hydrogen) atoms. The van der Waals surface area contributed by atoms with E-state index in [1.807, 2.05) is 0 Å². The molecule has 5 nitrogen and oxygen atoms in total. The molecule has 0 fully saturated rings. The van der Waals surface area contributed by atoms with Gasteiger partial charge in [-0.05, 0) is 24.3 Å². The van der Waals surface area contributed by atoms with Crippen LogP contribution in [0.1, 0.15) is 10.5 Å². The lowest BCUT2D eigenvalue weighted by molar-refractivity contribution is 0.102. The Bertz CT molecular complexity index is 541. The predicted octanol–water partition coefficient (Wildman–Crippen LogP) is 1.96. The fourth-order valence-electron chi connectivity index (χ4n) is 1.20. The summed E-state index contributed by atoms with van der Waals surface area (Å²) in [5.41, 5.74) is 6.30. The topological polar surface area (TPSA) is 80.9 Å². The van der Waals surface area contributed by atoms with Gasteiger partial charge in [0.05, 0.1) is 10.7 Å². The van der Waals surface area contributed by atoms with Crippen molar-refractivity contribution in [3.8, 4) is 0 Å². The van der Waals surface area contributed by atoms with Crippen molar-refractivity contribution >= 4 is 29.0 Å². The molecule has 2 heterocycles. The highest BCUT2D eigenvalue weighted by Crippen LogP contribution is 2.14. The third-order valence-electron chi connectivity index (χ3n) is 2.03. The summed E-state index contributed by atoms with van der Waals surface area (Å²) in [6, 6.07) is 6.45. The molecular weight excluding hydrogens is 240 g/mol. The minimum Gasteiger partial charge on any atom is -0.396 e. The number of nitrogens with zero attached hydrogens (tertiary/aromatic N) is 2. The number of carbonyl (C=O) groups is 1. The predicted molar refractivity (Wildman–Crippen MR) is 65.8 cm³/mol. The van der Waals surface area contributed by atoms with Gasteiger partial charge in [-0.3, -0.25) is 4.79 Å². The second kappa shape index (κ2) is 4.80. The van der Waals surface area contributed by atoms with Gasteiger partial charge >= 0.3 is 0 Å². The number of aromatic nitrogens is 2. The molecule has 2 rings (SSSR count). The number of rotatable bonds is 2. The van der Waals surface area contributed by atoms with Crippen molar-refractivity contribution in [3.63, 3.8) is 0 Å². The van der Waals surface area contributed by atoms with Crippen molar-refractivity contribution in [2.24, 2.45) is 0 Å². The van der Waals surface area contributed by atoms with Gasteiger partial charge in [-0.25, -0.2) is 9.97 Å². The first-order chi connectivity index (χ1) is 8.16. The number of pyridine rings is 2. The van der Waals surface area contributed by atoms with Crippen LogP contribution in [0.5, 0.6) is 0 Å². The first kappa shape index (κ1) is 11.3. The molecule has 0 saturated carbocycles. The number of hydrogen-bond donors (Lipinski definition) is 2. The number of halogens is 1. The van der Waals surface area contributed by atoms with E-state index in [2.05, 4.69) is 15.3 Å². The van der Waals surface area contributed by atoms with E-state index in [0.717, 1.165) is 0 Å². The van der Waals surface area contributed by atoms with Gasteiger partial charge in [-0.15, -0.1) is 0 Å².